The number of amides is 2. The minimum atomic E-state index is -3.92. The largest absolute Gasteiger partial charge is 0.481 e. The standard InChI is InChI=1S/C22H24N4O8S/c1-14-6-8-15(9-7-14)22(30)24-10-11-25(35(2,33)34)21(24)20(29)23-18(13-19(27)28)16-4-3-5-17(12-16)26(31)32/h3-9,12,18,21H,10-11,13H2,1-2H3,(H,23,29)(H,27,28). The number of benzene rings is 2. The van der Waals surface area contributed by atoms with Crippen molar-refractivity contribution in [2.45, 2.75) is 25.6 Å². The summed E-state index contributed by atoms with van der Waals surface area (Å²) in [5, 5.41) is 23.0. The van der Waals surface area contributed by atoms with Gasteiger partial charge in [0, 0.05) is 30.8 Å². The van der Waals surface area contributed by atoms with Gasteiger partial charge in [0.25, 0.3) is 17.5 Å². The zero-order chi connectivity index (χ0) is 25.9. The summed E-state index contributed by atoms with van der Waals surface area (Å²) in [6, 6.07) is 10.4. The van der Waals surface area contributed by atoms with Gasteiger partial charge in [0.1, 0.15) is 0 Å². The number of nitrogens with one attached hydrogen (secondary N) is 1. The maximum absolute atomic E-state index is 13.3. The molecule has 0 spiro atoms. The molecule has 0 saturated carbocycles. The van der Waals surface area contributed by atoms with E-state index in [9.17, 15) is 38.0 Å². The van der Waals surface area contributed by atoms with Crippen molar-refractivity contribution in [1.29, 1.82) is 0 Å². The number of carboxylic acid groups (broad SMARTS) is 1. The highest BCUT2D eigenvalue weighted by molar-refractivity contribution is 7.88. The van der Waals surface area contributed by atoms with Gasteiger partial charge in [-0.25, -0.2) is 8.42 Å². The number of carboxylic acids is 1. The number of non-ortho nitro benzene ring substituents is 1. The third-order valence-electron chi connectivity index (χ3n) is 5.53. The average molecular weight is 505 g/mol. The van der Waals surface area contributed by atoms with Crippen LogP contribution in [0.4, 0.5) is 5.69 Å². The van der Waals surface area contributed by atoms with Crippen molar-refractivity contribution < 1.29 is 32.8 Å². The lowest BCUT2D eigenvalue weighted by molar-refractivity contribution is -0.384. The first-order chi connectivity index (χ1) is 16.4. The maximum Gasteiger partial charge on any atom is 0.305 e. The highest BCUT2D eigenvalue weighted by Crippen LogP contribution is 2.25. The fraction of sp³-hybridized carbons (Fsp3) is 0.318. The molecule has 3 rings (SSSR count). The summed E-state index contributed by atoms with van der Waals surface area (Å²) in [6.45, 7) is 1.65. The van der Waals surface area contributed by atoms with Crippen molar-refractivity contribution in [1.82, 2.24) is 14.5 Å². The summed E-state index contributed by atoms with van der Waals surface area (Å²) in [7, 11) is -3.92. The number of carbonyl (C=O) groups excluding carboxylic acids is 2. The second-order valence-corrected chi connectivity index (χ2v) is 10.1. The van der Waals surface area contributed by atoms with Gasteiger partial charge in [-0.1, -0.05) is 29.8 Å². The van der Waals surface area contributed by atoms with Gasteiger partial charge in [0.05, 0.1) is 23.6 Å². The molecule has 35 heavy (non-hydrogen) atoms. The summed E-state index contributed by atoms with van der Waals surface area (Å²) in [6.07, 6.45) is -1.28. The van der Waals surface area contributed by atoms with Gasteiger partial charge in [-0.15, -0.1) is 0 Å². The van der Waals surface area contributed by atoms with Crippen LogP contribution >= 0.6 is 0 Å². The van der Waals surface area contributed by atoms with Crippen LogP contribution in [0.5, 0.6) is 0 Å². The van der Waals surface area contributed by atoms with E-state index < -0.39 is 51.4 Å². The average Bonchev–Trinajstić information content (AvgIpc) is 3.24. The summed E-state index contributed by atoms with van der Waals surface area (Å²) in [5.74, 6) is -2.78. The Balaban J connectivity index is 1.96. The van der Waals surface area contributed by atoms with Crippen molar-refractivity contribution in [3.8, 4) is 0 Å². The molecule has 1 saturated heterocycles. The van der Waals surface area contributed by atoms with E-state index >= 15 is 0 Å². The van der Waals surface area contributed by atoms with Crippen molar-refractivity contribution in [2.24, 2.45) is 0 Å². The lowest BCUT2D eigenvalue weighted by Gasteiger charge is -2.29. The number of aryl methyl sites for hydroxylation is 1. The van der Waals surface area contributed by atoms with Crippen LogP contribution in [0.1, 0.15) is 33.9 Å². The Hall–Kier alpha value is -3.84. The third-order valence-corrected chi connectivity index (χ3v) is 6.76. The molecule has 1 aliphatic rings. The number of nitro groups is 1. The van der Waals surface area contributed by atoms with Crippen LogP contribution in [0, 0.1) is 17.0 Å². The van der Waals surface area contributed by atoms with Crippen LogP contribution in [-0.4, -0.2) is 70.9 Å². The van der Waals surface area contributed by atoms with E-state index in [-0.39, 0.29) is 29.9 Å². The second kappa shape index (κ2) is 10.2. The number of sulfonamides is 1. The van der Waals surface area contributed by atoms with Gasteiger partial charge >= 0.3 is 5.97 Å². The lowest BCUT2D eigenvalue weighted by Crippen LogP contribution is -2.54. The molecule has 0 aliphatic carbocycles. The number of nitrogens with zero attached hydrogens (tertiary/aromatic N) is 3. The molecule has 2 atom stereocenters. The van der Waals surface area contributed by atoms with Crippen molar-refractivity contribution in [3.63, 3.8) is 0 Å². The number of rotatable bonds is 8. The second-order valence-electron chi connectivity index (χ2n) is 8.12. The smallest absolute Gasteiger partial charge is 0.305 e. The highest BCUT2D eigenvalue weighted by Gasteiger charge is 2.45. The lowest BCUT2D eigenvalue weighted by atomic mass is 10.0. The summed E-state index contributed by atoms with van der Waals surface area (Å²) >= 11 is 0. The summed E-state index contributed by atoms with van der Waals surface area (Å²) in [5.41, 5.74) is 1.00. The molecule has 2 N–H and O–H groups in total. The molecule has 0 bridgehead atoms. The Kier molecular flexibility index (Phi) is 7.51. The van der Waals surface area contributed by atoms with E-state index in [1.807, 2.05) is 6.92 Å². The fourth-order valence-electron chi connectivity index (χ4n) is 3.83. The van der Waals surface area contributed by atoms with Gasteiger partial charge in [-0.2, -0.15) is 4.31 Å². The van der Waals surface area contributed by atoms with Gasteiger partial charge in [0.2, 0.25) is 10.0 Å². The molecular weight excluding hydrogens is 480 g/mol. The number of aliphatic carboxylic acids is 1. The first-order valence-corrected chi connectivity index (χ1v) is 12.3. The molecule has 2 aromatic carbocycles. The van der Waals surface area contributed by atoms with Crippen LogP contribution in [0.15, 0.2) is 48.5 Å². The molecule has 2 unspecified atom stereocenters. The normalized spacial score (nSPS) is 17.1. The molecule has 1 aliphatic heterocycles. The summed E-state index contributed by atoms with van der Waals surface area (Å²) in [4.78, 5) is 49.5. The molecule has 0 radical (unpaired) electrons. The summed E-state index contributed by atoms with van der Waals surface area (Å²) < 4.78 is 25.6. The van der Waals surface area contributed by atoms with Crippen LogP contribution in [-0.2, 0) is 19.6 Å². The van der Waals surface area contributed by atoms with Crippen LogP contribution in [0.2, 0.25) is 0 Å². The van der Waals surface area contributed by atoms with E-state index in [0.717, 1.165) is 27.1 Å². The number of carbonyl (C=O) groups is 3. The quantitative estimate of drug-likeness (QED) is 0.400. The van der Waals surface area contributed by atoms with Gasteiger partial charge in [0.15, 0.2) is 6.17 Å². The van der Waals surface area contributed by atoms with Crippen molar-refractivity contribution in [3.05, 3.63) is 75.3 Å². The fourth-order valence-corrected chi connectivity index (χ4v) is 4.81. The predicted molar refractivity (Wildman–Crippen MR) is 124 cm³/mol. The van der Waals surface area contributed by atoms with E-state index in [0.29, 0.717) is 0 Å². The van der Waals surface area contributed by atoms with Gasteiger partial charge in [-0.3, -0.25) is 24.5 Å². The van der Waals surface area contributed by atoms with Crippen LogP contribution < -0.4 is 5.32 Å². The van der Waals surface area contributed by atoms with Crippen LogP contribution in [0.25, 0.3) is 0 Å². The number of hydrogen-bond acceptors (Lipinski definition) is 7. The Morgan fingerprint density at radius 3 is 2.40 bits per heavy atom. The maximum atomic E-state index is 13.3. The van der Waals surface area contributed by atoms with E-state index in [1.165, 1.54) is 18.2 Å². The van der Waals surface area contributed by atoms with Gasteiger partial charge in [-0.05, 0) is 24.6 Å². The predicted octanol–water partition coefficient (Wildman–Crippen LogP) is 1.28. The minimum absolute atomic E-state index is 0.0573. The zero-order valence-corrected chi connectivity index (χ0v) is 19.8. The van der Waals surface area contributed by atoms with Crippen LogP contribution in [0.3, 0.4) is 0 Å². The molecule has 2 amide bonds. The monoisotopic (exact) mass is 504 g/mol. The minimum Gasteiger partial charge on any atom is -0.481 e. The van der Waals surface area contributed by atoms with Crippen molar-refractivity contribution in [2.75, 3.05) is 19.3 Å². The Bertz CT molecular complexity index is 1260. The molecule has 1 fully saturated rings. The topological polar surface area (TPSA) is 167 Å². The molecule has 1 heterocycles. The molecular formula is C22H24N4O8S. The molecule has 0 aromatic heterocycles. The SMILES string of the molecule is Cc1ccc(C(=O)N2CCN(S(C)(=O)=O)C2C(=O)NC(CC(=O)O)c2cccc([N+](=O)[O-])c2)cc1. The van der Waals surface area contributed by atoms with E-state index in [1.54, 1.807) is 24.3 Å². The Morgan fingerprint density at radius 2 is 1.83 bits per heavy atom. The molecule has 13 heteroatoms. The van der Waals surface area contributed by atoms with E-state index in [4.69, 9.17) is 0 Å². The highest BCUT2D eigenvalue weighted by atomic mass is 32.2. The molecule has 12 nitrogen and oxygen atoms in total. The molecule has 186 valence electrons. The number of nitro benzene ring substituents is 1. The Labute approximate surface area is 201 Å². The van der Waals surface area contributed by atoms with Crippen molar-refractivity contribution >= 4 is 33.5 Å². The van der Waals surface area contributed by atoms with E-state index in [2.05, 4.69) is 5.32 Å². The first kappa shape index (κ1) is 25.8. The first-order valence-electron chi connectivity index (χ1n) is 10.5. The van der Waals surface area contributed by atoms with Gasteiger partial charge < -0.3 is 15.3 Å². The third kappa shape index (κ3) is 6.00. The Morgan fingerprint density at radius 1 is 1.17 bits per heavy atom. The molecule has 2 aromatic rings. The zero-order valence-electron chi connectivity index (χ0n) is 18.9. The number of hydrogen-bond donors (Lipinski definition) is 2.